The number of nitrogens with one attached hydrogen (secondary N) is 1. The Hall–Kier alpha value is -1.24. The predicted molar refractivity (Wildman–Crippen MR) is 73.0 cm³/mol. The van der Waals surface area contributed by atoms with Crippen molar-refractivity contribution in [1.29, 1.82) is 0 Å². The maximum Gasteiger partial charge on any atom is 0.225 e. The lowest BCUT2D eigenvalue weighted by Gasteiger charge is -2.36. The highest BCUT2D eigenvalue weighted by Gasteiger charge is 2.26. The van der Waals surface area contributed by atoms with E-state index in [2.05, 4.69) is 27.1 Å². The molecule has 1 aliphatic rings. The number of nitrogens with zero attached hydrogens (tertiary/aromatic N) is 3. The van der Waals surface area contributed by atoms with Crippen LogP contribution in [0.2, 0.25) is 0 Å². The fraction of sp³-hybridized carbons (Fsp3) is 0.692. The molecule has 1 aliphatic heterocycles. The van der Waals surface area contributed by atoms with Crippen molar-refractivity contribution < 1.29 is 9.84 Å². The third-order valence-electron chi connectivity index (χ3n) is 3.08. The first-order chi connectivity index (χ1) is 9.22. The zero-order chi connectivity index (χ0) is 13.7. The Labute approximate surface area is 113 Å². The van der Waals surface area contributed by atoms with Gasteiger partial charge in [-0.3, -0.25) is 0 Å². The van der Waals surface area contributed by atoms with E-state index in [9.17, 15) is 5.11 Å². The SMILES string of the molecule is CCNCc1cnc(N2CC(C)OC(CO)C2)nc1. The molecule has 6 heteroatoms. The fourth-order valence-electron chi connectivity index (χ4n) is 2.18. The van der Waals surface area contributed by atoms with Crippen LogP contribution in [0, 0.1) is 0 Å². The van der Waals surface area contributed by atoms with Gasteiger partial charge in [0.2, 0.25) is 5.95 Å². The molecule has 2 N–H and O–H groups in total. The molecule has 0 amide bonds. The minimum absolute atomic E-state index is 0.0271. The zero-order valence-corrected chi connectivity index (χ0v) is 11.5. The number of morpholine rings is 1. The molecule has 1 saturated heterocycles. The lowest BCUT2D eigenvalue weighted by molar-refractivity contribution is -0.0425. The molecule has 0 aliphatic carbocycles. The van der Waals surface area contributed by atoms with Gasteiger partial charge in [-0.1, -0.05) is 6.92 Å². The summed E-state index contributed by atoms with van der Waals surface area (Å²) in [5, 5.41) is 12.5. The van der Waals surface area contributed by atoms with Crippen LogP contribution in [0.15, 0.2) is 12.4 Å². The highest BCUT2D eigenvalue weighted by Crippen LogP contribution is 2.16. The second-order valence-electron chi connectivity index (χ2n) is 4.83. The largest absolute Gasteiger partial charge is 0.394 e. The number of anilines is 1. The van der Waals surface area contributed by atoms with Gasteiger partial charge in [0.1, 0.15) is 0 Å². The molecule has 2 heterocycles. The third-order valence-corrected chi connectivity index (χ3v) is 3.08. The van der Waals surface area contributed by atoms with Crippen LogP contribution in [0.5, 0.6) is 0 Å². The van der Waals surface area contributed by atoms with E-state index in [0.29, 0.717) is 12.5 Å². The van der Waals surface area contributed by atoms with Crippen LogP contribution in [0.4, 0.5) is 5.95 Å². The van der Waals surface area contributed by atoms with Gasteiger partial charge in [-0.15, -0.1) is 0 Å². The highest BCUT2D eigenvalue weighted by molar-refractivity contribution is 5.31. The predicted octanol–water partition coefficient (Wildman–Crippen LogP) is 0.172. The van der Waals surface area contributed by atoms with Gasteiger partial charge in [0.05, 0.1) is 18.8 Å². The summed E-state index contributed by atoms with van der Waals surface area (Å²) in [6, 6.07) is 0. The van der Waals surface area contributed by atoms with E-state index in [1.54, 1.807) is 0 Å². The molecule has 2 unspecified atom stereocenters. The van der Waals surface area contributed by atoms with Gasteiger partial charge < -0.3 is 20.1 Å². The molecular formula is C13H22N4O2. The van der Waals surface area contributed by atoms with Gasteiger partial charge in [-0.25, -0.2) is 9.97 Å². The van der Waals surface area contributed by atoms with Gasteiger partial charge in [0.25, 0.3) is 0 Å². The lowest BCUT2D eigenvalue weighted by Crippen LogP contribution is -2.48. The average Bonchev–Trinajstić information content (AvgIpc) is 2.45. The van der Waals surface area contributed by atoms with Crippen LogP contribution < -0.4 is 10.2 Å². The van der Waals surface area contributed by atoms with Crippen LogP contribution in [-0.4, -0.2) is 53.5 Å². The Balaban J connectivity index is 2.00. The first-order valence-corrected chi connectivity index (χ1v) is 6.75. The van der Waals surface area contributed by atoms with Crippen molar-refractivity contribution in [2.24, 2.45) is 0 Å². The molecule has 0 spiro atoms. The monoisotopic (exact) mass is 266 g/mol. The Bertz CT molecular complexity index is 385. The smallest absolute Gasteiger partial charge is 0.225 e. The van der Waals surface area contributed by atoms with Crippen molar-refractivity contribution in [1.82, 2.24) is 15.3 Å². The Morgan fingerprint density at radius 2 is 2.16 bits per heavy atom. The van der Waals surface area contributed by atoms with Crippen LogP contribution in [-0.2, 0) is 11.3 Å². The first-order valence-electron chi connectivity index (χ1n) is 6.75. The standard InChI is InChI=1S/C13H22N4O2/c1-3-14-4-11-5-15-13(16-6-11)17-7-10(2)19-12(8-17)9-18/h5-6,10,12,14,18H,3-4,7-9H2,1-2H3. The maximum absolute atomic E-state index is 9.21. The van der Waals surface area contributed by atoms with Crippen molar-refractivity contribution in [2.75, 3.05) is 31.1 Å². The molecule has 0 aromatic carbocycles. The number of ether oxygens (including phenoxy) is 1. The fourth-order valence-corrected chi connectivity index (χ4v) is 2.18. The highest BCUT2D eigenvalue weighted by atomic mass is 16.5. The number of aliphatic hydroxyl groups excluding tert-OH is 1. The number of aliphatic hydroxyl groups is 1. The van der Waals surface area contributed by atoms with E-state index >= 15 is 0 Å². The van der Waals surface area contributed by atoms with Crippen molar-refractivity contribution in [3.63, 3.8) is 0 Å². The van der Waals surface area contributed by atoms with Crippen molar-refractivity contribution >= 4 is 5.95 Å². The summed E-state index contributed by atoms with van der Waals surface area (Å²) in [5.41, 5.74) is 1.07. The van der Waals surface area contributed by atoms with Crippen molar-refractivity contribution in [3.05, 3.63) is 18.0 Å². The molecule has 1 aromatic rings. The van der Waals surface area contributed by atoms with E-state index in [0.717, 1.165) is 25.2 Å². The van der Waals surface area contributed by atoms with E-state index in [4.69, 9.17) is 4.74 Å². The molecule has 106 valence electrons. The topological polar surface area (TPSA) is 70.5 Å². The normalized spacial score (nSPS) is 23.6. The van der Waals surface area contributed by atoms with Gasteiger partial charge >= 0.3 is 0 Å². The molecule has 2 rings (SSSR count). The van der Waals surface area contributed by atoms with Crippen LogP contribution in [0.1, 0.15) is 19.4 Å². The minimum atomic E-state index is -0.159. The van der Waals surface area contributed by atoms with Crippen LogP contribution >= 0.6 is 0 Å². The average molecular weight is 266 g/mol. The second-order valence-corrected chi connectivity index (χ2v) is 4.83. The van der Waals surface area contributed by atoms with E-state index in [-0.39, 0.29) is 18.8 Å². The summed E-state index contributed by atoms with van der Waals surface area (Å²) in [4.78, 5) is 10.9. The van der Waals surface area contributed by atoms with Gasteiger partial charge in [-0.2, -0.15) is 0 Å². The van der Waals surface area contributed by atoms with Crippen LogP contribution in [0.25, 0.3) is 0 Å². The van der Waals surface area contributed by atoms with Gasteiger partial charge in [0, 0.05) is 37.6 Å². The third kappa shape index (κ3) is 3.86. The summed E-state index contributed by atoms with van der Waals surface area (Å²) in [5.74, 6) is 0.703. The number of rotatable bonds is 5. The molecule has 1 fully saturated rings. The summed E-state index contributed by atoms with van der Waals surface area (Å²) < 4.78 is 5.61. The summed E-state index contributed by atoms with van der Waals surface area (Å²) in [7, 11) is 0. The van der Waals surface area contributed by atoms with E-state index in [1.165, 1.54) is 0 Å². The molecule has 0 radical (unpaired) electrons. The molecule has 1 aromatic heterocycles. The zero-order valence-electron chi connectivity index (χ0n) is 11.5. The molecule has 6 nitrogen and oxygen atoms in total. The number of hydrogen-bond acceptors (Lipinski definition) is 6. The van der Waals surface area contributed by atoms with Crippen molar-refractivity contribution in [2.45, 2.75) is 32.6 Å². The molecule has 0 saturated carbocycles. The van der Waals surface area contributed by atoms with E-state index in [1.807, 2.05) is 19.3 Å². The molecule has 19 heavy (non-hydrogen) atoms. The Kier molecular flexibility index (Phi) is 5.07. The number of aromatic nitrogens is 2. The van der Waals surface area contributed by atoms with Crippen molar-refractivity contribution in [3.8, 4) is 0 Å². The number of hydrogen-bond donors (Lipinski definition) is 2. The minimum Gasteiger partial charge on any atom is -0.394 e. The molecule has 0 bridgehead atoms. The van der Waals surface area contributed by atoms with Crippen LogP contribution in [0.3, 0.4) is 0 Å². The molecular weight excluding hydrogens is 244 g/mol. The first kappa shape index (κ1) is 14.2. The second kappa shape index (κ2) is 6.79. The Morgan fingerprint density at radius 1 is 1.42 bits per heavy atom. The summed E-state index contributed by atoms with van der Waals surface area (Å²) in [6.07, 6.45) is 3.61. The Morgan fingerprint density at radius 3 is 2.79 bits per heavy atom. The van der Waals surface area contributed by atoms with Gasteiger partial charge in [0.15, 0.2) is 0 Å². The maximum atomic E-state index is 9.21. The quantitative estimate of drug-likeness (QED) is 0.792. The van der Waals surface area contributed by atoms with Gasteiger partial charge in [-0.05, 0) is 13.5 Å². The summed E-state index contributed by atoms with van der Waals surface area (Å²) in [6.45, 7) is 7.19. The summed E-state index contributed by atoms with van der Waals surface area (Å²) >= 11 is 0. The lowest BCUT2D eigenvalue weighted by atomic mass is 10.2. The molecule has 2 atom stereocenters. The van der Waals surface area contributed by atoms with E-state index < -0.39 is 0 Å².